The van der Waals surface area contributed by atoms with Crippen LogP contribution in [0.1, 0.15) is 17.3 Å². The molecular formula is C23H18FN3O5S. The minimum absolute atomic E-state index is 0.0425. The predicted molar refractivity (Wildman–Crippen MR) is 120 cm³/mol. The molecule has 3 aromatic carbocycles. The molecule has 0 atom stereocenters. The van der Waals surface area contributed by atoms with Crippen LogP contribution >= 0.6 is 0 Å². The molecule has 0 saturated heterocycles. The fourth-order valence-electron chi connectivity index (χ4n) is 3.47. The summed E-state index contributed by atoms with van der Waals surface area (Å²) in [4.78, 5) is 37.2. The first-order chi connectivity index (χ1) is 15.7. The monoisotopic (exact) mass is 467 g/mol. The minimum atomic E-state index is -4.36. The highest BCUT2D eigenvalue weighted by Gasteiger charge is 2.27. The van der Waals surface area contributed by atoms with Crippen LogP contribution in [0.25, 0.3) is 11.0 Å². The molecule has 4 rings (SSSR count). The first-order valence-electron chi connectivity index (χ1n) is 9.82. The largest absolute Gasteiger partial charge is 0.350 e. The van der Waals surface area contributed by atoms with Crippen molar-refractivity contribution in [1.29, 1.82) is 0 Å². The van der Waals surface area contributed by atoms with Gasteiger partial charge in [0.15, 0.2) is 0 Å². The molecule has 8 nitrogen and oxygen atoms in total. The van der Waals surface area contributed by atoms with Crippen LogP contribution in [0.3, 0.4) is 0 Å². The van der Waals surface area contributed by atoms with Crippen LogP contribution in [-0.2, 0) is 21.2 Å². The molecule has 1 heterocycles. The maximum absolute atomic E-state index is 13.3. The SMILES string of the molecule is CC(=O)Nc1ccc(S(=O)(=O)n2c(=O)n(C(=O)Cc3ccc(F)cc3)c3ccccc32)cc1. The molecule has 0 aliphatic heterocycles. The molecule has 0 saturated carbocycles. The minimum Gasteiger partial charge on any atom is -0.326 e. The number of imidazole rings is 1. The molecule has 1 aromatic heterocycles. The Morgan fingerprint density at radius 1 is 0.909 bits per heavy atom. The average molecular weight is 467 g/mol. The lowest BCUT2D eigenvalue weighted by Gasteiger charge is -2.07. The van der Waals surface area contributed by atoms with Crippen LogP contribution in [0.15, 0.2) is 82.5 Å². The third-order valence-corrected chi connectivity index (χ3v) is 6.64. The number of hydrogen-bond donors (Lipinski definition) is 1. The summed E-state index contributed by atoms with van der Waals surface area (Å²) < 4.78 is 41.2. The van der Waals surface area contributed by atoms with Crippen molar-refractivity contribution in [2.24, 2.45) is 0 Å². The van der Waals surface area contributed by atoms with E-state index in [1.54, 1.807) is 12.1 Å². The Hall–Kier alpha value is -4.05. The van der Waals surface area contributed by atoms with Crippen LogP contribution in [0.4, 0.5) is 10.1 Å². The average Bonchev–Trinajstić information content (AvgIpc) is 3.07. The topological polar surface area (TPSA) is 107 Å². The number of aromatic nitrogens is 2. The number of fused-ring (bicyclic) bond motifs is 1. The van der Waals surface area contributed by atoms with Gasteiger partial charge in [-0.2, -0.15) is 3.97 Å². The molecule has 0 aliphatic rings. The van der Waals surface area contributed by atoms with Crippen molar-refractivity contribution >= 4 is 38.6 Å². The molecule has 0 radical (unpaired) electrons. The van der Waals surface area contributed by atoms with Gasteiger partial charge in [0.05, 0.1) is 22.3 Å². The maximum atomic E-state index is 13.3. The smallest absolute Gasteiger partial charge is 0.326 e. The van der Waals surface area contributed by atoms with Crippen molar-refractivity contribution in [3.63, 3.8) is 0 Å². The second-order valence-corrected chi connectivity index (χ2v) is 9.07. The molecule has 33 heavy (non-hydrogen) atoms. The summed E-state index contributed by atoms with van der Waals surface area (Å²) in [5, 5.41) is 2.54. The number of hydrogen-bond acceptors (Lipinski definition) is 5. The van der Waals surface area contributed by atoms with Crippen molar-refractivity contribution < 1.29 is 22.4 Å². The molecule has 0 fully saturated rings. The van der Waals surface area contributed by atoms with Crippen LogP contribution in [-0.4, -0.2) is 28.8 Å². The number of carbonyl (C=O) groups is 2. The van der Waals surface area contributed by atoms with Gasteiger partial charge in [0.2, 0.25) is 11.8 Å². The number of carbonyl (C=O) groups excluding carboxylic acids is 2. The maximum Gasteiger partial charge on any atom is 0.350 e. The van der Waals surface area contributed by atoms with Crippen molar-refractivity contribution in [2.45, 2.75) is 18.2 Å². The fourth-order valence-corrected chi connectivity index (χ4v) is 4.86. The van der Waals surface area contributed by atoms with E-state index in [-0.39, 0.29) is 28.3 Å². The summed E-state index contributed by atoms with van der Waals surface area (Å²) >= 11 is 0. The van der Waals surface area contributed by atoms with E-state index in [1.165, 1.54) is 67.6 Å². The Morgan fingerprint density at radius 3 is 2.12 bits per heavy atom. The standard InChI is InChI=1S/C23H18FN3O5S/c1-15(28)25-18-10-12-19(13-11-18)33(31,32)27-21-5-3-2-4-20(21)26(23(27)30)22(29)14-16-6-8-17(24)9-7-16/h2-13H,14H2,1H3,(H,25,28). The van der Waals surface area contributed by atoms with E-state index in [4.69, 9.17) is 0 Å². The number of rotatable bonds is 5. The summed E-state index contributed by atoms with van der Waals surface area (Å²) in [5.41, 5.74) is 0.00967. The zero-order valence-electron chi connectivity index (χ0n) is 17.4. The fraction of sp³-hybridized carbons (Fsp3) is 0.0870. The number of benzene rings is 3. The van der Waals surface area contributed by atoms with E-state index < -0.39 is 27.4 Å². The van der Waals surface area contributed by atoms with Crippen molar-refractivity contribution in [1.82, 2.24) is 8.54 Å². The normalized spacial score (nSPS) is 11.5. The molecule has 10 heteroatoms. The number of anilines is 1. The summed E-state index contributed by atoms with van der Waals surface area (Å²) in [6, 6.07) is 16.6. The zero-order chi connectivity index (χ0) is 23.8. The lowest BCUT2D eigenvalue weighted by atomic mass is 10.1. The highest BCUT2D eigenvalue weighted by molar-refractivity contribution is 7.90. The van der Waals surface area contributed by atoms with Crippen LogP contribution in [0.5, 0.6) is 0 Å². The number of para-hydroxylation sites is 2. The Kier molecular flexibility index (Phi) is 5.69. The molecule has 0 bridgehead atoms. The molecule has 1 N–H and O–H groups in total. The number of amides is 1. The quantitative estimate of drug-likeness (QED) is 0.486. The van der Waals surface area contributed by atoms with Gasteiger partial charge in [-0.05, 0) is 54.1 Å². The van der Waals surface area contributed by atoms with E-state index in [2.05, 4.69) is 5.32 Å². The van der Waals surface area contributed by atoms with Gasteiger partial charge >= 0.3 is 5.69 Å². The van der Waals surface area contributed by atoms with Gasteiger partial charge in [-0.25, -0.2) is 22.2 Å². The molecule has 168 valence electrons. The van der Waals surface area contributed by atoms with Crippen LogP contribution in [0.2, 0.25) is 0 Å². The van der Waals surface area contributed by atoms with Crippen LogP contribution < -0.4 is 11.0 Å². The second-order valence-electron chi connectivity index (χ2n) is 7.28. The van der Waals surface area contributed by atoms with Gasteiger partial charge in [-0.15, -0.1) is 0 Å². The Balaban J connectivity index is 1.81. The first kappa shape index (κ1) is 22.2. The molecule has 0 unspecified atom stereocenters. The van der Waals surface area contributed by atoms with Gasteiger partial charge in [0.1, 0.15) is 5.82 Å². The molecule has 0 aliphatic carbocycles. The van der Waals surface area contributed by atoms with E-state index in [0.717, 1.165) is 4.57 Å². The Morgan fingerprint density at radius 2 is 1.52 bits per heavy atom. The predicted octanol–water partition coefficient (Wildman–Crippen LogP) is 3.02. The lowest BCUT2D eigenvalue weighted by molar-refractivity contribution is -0.114. The summed E-state index contributed by atoms with van der Waals surface area (Å²) in [5.74, 6) is -1.43. The van der Waals surface area contributed by atoms with E-state index >= 15 is 0 Å². The number of halogens is 1. The Bertz CT molecular complexity index is 1540. The zero-order valence-corrected chi connectivity index (χ0v) is 18.2. The third-order valence-electron chi connectivity index (χ3n) is 4.94. The van der Waals surface area contributed by atoms with Gasteiger partial charge in [0, 0.05) is 12.6 Å². The Labute approximate surface area is 187 Å². The summed E-state index contributed by atoms with van der Waals surface area (Å²) in [7, 11) is -4.36. The van der Waals surface area contributed by atoms with Gasteiger partial charge < -0.3 is 5.32 Å². The van der Waals surface area contributed by atoms with Crippen molar-refractivity contribution in [3.8, 4) is 0 Å². The number of nitrogens with one attached hydrogen (secondary N) is 1. The molecule has 4 aromatic rings. The van der Waals surface area contributed by atoms with Crippen molar-refractivity contribution in [3.05, 3.63) is 94.7 Å². The van der Waals surface area contributed by atoms with Gasteiger partial charge in [-0.1, -0.05) is 24.3 Å². The van der Waals surface area contributed by atoms with Gasteiger partial charge in [0.25, 0.3) is 10.0 Å². The summed E-state index contributed by atoms with van der Waals surface area (Å²) in [6.45, 7) is 1.32. The van der Waals surface area contributed by atoms with E-state index in [1.807, 2.05) is 0 Å². The summed E-state index contributed by atoms with van der Waals surface area (Å²) in [6.07, 6.45) is -0.223. The lowest BCUT2D eigenvalue weighted by Crippen LogP contribution is -2.33. The van der Waals surface area contributed by atoms with Crippen molar-refractivity contribution in [2.75, 3.05) is 5.32 Å². The molecular weight excluding hydrogens is 449 g/mol. The second kappa shape index (κ2) is 8.47. The van der Waals surface area contributed by atoms with Crippen LogP contribution in [0, 0.1) is 5.82 Å². The molecule has 0 spiro atoms. The first-order valence-corrected chi connectivity index (χ1v) is 11.3. The molecule has 1 amide bonds. The van der Waals surface area contributed by atoms with Gasteiger partial charge in [-0.3, -0.25) is 9.59 Å². The highest BCUT2D eigenvalue weighted by atomic mass is 32.2. The highest BCUT2D eigenvalue weighted by Crippen LogP contribution is 2.21. The van der Waals surface area contributed by atoms with E-state index in [0.29, 0.717) is 15.2 Å². The third kappa shape index (κ3) is 4.20. The van der Waals surface area contributed by atoms with E-state index in [9.17, 15) is 27.2 Å². The number of nitrogens with zero attached hydrogens (tertiary/aromatic N) is 2.